The number of anilines is 1. The average molecular weight is 569 g/mol. The molecule has 2 N–H and O–H groups in total. The molecular weight excluding hydrogens is 548 g/mol. The summed E-state index contributed by atoms with van der Waals surface area (Å²) in [6.45, 7) is -1.86. The molecule has 3 heterocycles. The Hall–Kier alpha value is -4.47. The van der Waals surface area contributed by atoms with Gasteiger partial charge in [0.05, 0.1) is 47.0 Å². The molecule has 212 valence electrons. The van der Waals surface area contributed by atoms with Crippen LogP contribution in [-0.2, 0) is 29.3 Å². The van der Waals surface area contributed by atoms with E-state index in [1.165, 1.54) is 29.1 Å². The molecule has 16 heteroatoms. The quantitative estimate of drug-likeness (QED) is 0.194. The van der Waals surface area contributed by atoms with Crippen LogP contribution in [0.5, 0.6) is 0 Å². The Kier molecular flexibility index (Phi) is 7.56. The summed E-state index contributed by atoms with van der Waals surface area (Å²) in [4.78, 5) is 32.4. The van der Waals surface area contributed by atoms with Crippen LogP contribution in [0.15, 0.2) is 42.7 Å². The van der Waals surface area contributed by atoms with Crippen molar-refractivity contribution in [3.05, 3.63) is 59.5 Å². The minimum Gasteiger partial charge on any atom is -0.453 e. The Labute approximate surface area is 221 Å². The highest BCUT2D eigenvalue weighted by Gasteiger charge is 2.43. The number of nitrogens with two attached hydrogens (primary N) is 1. The van der Waals surface area contributed by atoms with Crippen molar-refractivity contribution in [1.82, 2.24) is 29.8 Å². The number of aryl methyl sites for hydroxylation is 1. The number of nitrogens with zero attached hydrogens (tertiary/aromatic N) is 6. The summed E-state index contributed by atoms with van der Waals surface area (Å²) in [6, 6.07) is 6.08. The van der Waals surface area contributed by atoms with Crippen LogP contribution in [0.1, 0.15) is 21.6 Å². The molecule has 1 amide bonds. The van der Waals surface area contributed by atoms with E-state index in [4.69, 9.17) is 5.73 Å². The zero-order valence-electron chi connectivity index (χ0n) is 20.9. The Morgan fingerprint density at radius 1 is 1.12 bits per heavy atom. The van der Waals surface area contributed by atoms with Gasteiger partial charge in [0.2, 0.25) is 6.10 Å². The Bertz CT molecular complexity index is 1550. The minimum atomic E-state index is -4.96. The van der Waals surface area contributed by atoms with Gasteiger partial charge < -0.3 is 10.5 Å². The van der Waals surface area contributed by atoms with Crippen molar-refractivity contribution in [2.24, 2.45) is 7.05 Å². The number of nitrogen functional groups attached to an aromatic ring is 1. The molecule has 0 fully saturated rings. The zero-order chi connectivity index (χ0) is 29.4. The van der Waals surface area contributed by atoms with Crippen LogP contribution in [0, 0.1) is 0 Å². The highest BCUT2D eigenvalue weighted by molar-refractivity contribution is 6.10. The van der Waals surface area contributed by atoms with E-state index in [1.807, 2.05) is 0 Å². The molecule has 4 rings (SSSR count). The molecule has 40 heavy (non-hydrogen) atoms. The van der Waals surface area contributed by atoms with Crippen molar-refractivity contribution >= 4 is 40.0 Å². The lowest BCUT2D eigenvalue weighted by Crippen LogP contribution is -2.50. The van der Waals surface area contributed by atoms with Gasteiger partial charge in [-0.3, -0.25) is 24.3 Å². The molecule has 0 aliphatic rings. The smallest absolute Gasteiger partial charge is 0.426 e. The van der Waals surface area contributed by atoms with Gasteiger partial charge in [-0.25, -0.2) is 9.99 Å². The molecule has 3 aromatic heterocycles. The average Bonchev–Trinajstić information content (AvgIpc) is 3.28. The van der Waals surface area contributed by atoms with Gasteiger partial charge in [-0.2, -0.15) is 31.4 Å². The third kappa shape index (κ3) is 5.75. The van der Waals surface area contributed by atoms with Crippen LogP contribution >= 0.6 is 0 Å². The van der Waals surface area contributed by atoms with E-state index in [2.05, 4.69) is 19.8 Å². The summed E-state index contributed by atoms with van der Waals surface area (Å²) >= 11 is 0. The highest BCUT2D eigenvalue weighted by atomic mass is 19.4. The summed E-state index contributed by atoms with van der Waals surface area (Å²) in [5.41, 5.74) is 5.90. The molecule has 4 aromatic rings. The van der Waals surface area contributed by atoms with Crippen molar-refractivity contribution in [2.45, 2.75) is 25.0 Å². The lowest BCUT2D eigenvalue weighted by Gasteiger charge is -2.34. The maximum atomic E-state index is 13.7. The molecule has 0 bridgehead atoms. The molecule has 1 atom stereocenters. The number of aromatic nitrogens is 4. The summed E-state index contributed by atoms with van der Waals surface area (Å²) < 4.78 is 85.0. The number of hydrogen-bond donors (Lipinski definition) is 1. The first-order valence-corrected chi connectivity index (χ1v) is 11.4. The molecule has 0 aliphatic heterocycles. The number of carbonyl (C=O) groups excluding carboxylic acids is 2. The first kappa shape index (κ1) is 28.5. The standard InChI is InChI=1S/C24H21F6N7O3/c1-35(11-19(40-12-38)24(28,29)30)37(10-15-5-4-14(8-32-15)23(25,26)27)22(39)13-3-6-18-16(7-13)20-17(21(31)34-18)9-33-36(20)2/h3-9,12,19H,10-11H2,1-2H3,(H2,31,34). The third-order valence-electron chi connectivity index (χ3n) is 6.08. The number of hydrogen-bond acceptors (Lipinski definition) is 8. The maximum absolute atomic E-state index is 13.7. The molecule has 1 aromatic carbocycles. The number of fused-ring (bicyclic) bond motifs is 3. The number of benzene rings is 1. The number of halogens is 6. The zero-order valence-corrected chi connectivity index (χ0v) is 20.9. The summed E-state index contributed by atoms with van der Waals surface area (Å²) in [6.07, 6.45) is -10.2. The van der Waals surface area contributed by atoms with Gasteiger partial charge in [-0.15, -0.1) is 0 Å². The number of carbonyl (C=O) groups is 2. The first-order chi connectivity index (χ1) is 18.7. The number of alkyl halides is 6. The Morgan fingerprint density at radius 3 is 2.45 bits per heavy atom. The normalized spacial score (nSPS) is 13.1. The topological polar surface area (TPSA) is 119 Å². The number of pyridine rings is 2. The van der Waals surface area contributed by atoms with Gasteiger partial charge in [-0.05, 0) is 30.3 Å². The van der Waals surface area contributed by atoms with Crippen LogP contribution in [0.3, 0.4) is 0 Å². The lowest BCUT2D eigenvalue weighted by molar-refractivity contribution is -0.223. The van der Waals surface area contributed by atoms with E-state index in [0.29, 0.717) is 28.0 Å². The van der Waals surface area contributed by atoms with E-state index >= 15 is 0 Å². The predicted molar refractivity (Wildman–Crippen MR) is 129 cm³/mol. The Morgan fingerprint density at radius 2 is 1.85 bits per heavy atom. The fourth-order valence-electron chi connectivity index (χ4n) is 4.06. The van der Waals surface area contributed by atoms with Gasteiger partial charge in [0.15, 0.2) is 0 Å². The van der Waals surface area contributed by atoms with Crippen molar-refractivity contribution in [3.63, 3.8) is 0 Å². The monoisotopic (exact) mass is 569 g/mol. The molecule has 0 saturated heterocycles. The summed E-state index contributed by atoms with van der Waals surface area (Å²) in [5.74, 6) is -0.608. The number of rotatable bonds is 8. The third-order valence-corrected chi connectivity index (χ3v) is 6.08. The van der Waals surface area contributed by atoms with Crippen LogP contribution in [-0.4, -0.2) is 68.0 Å². The first-order valence-electron chi connectivity index (χ1n) is 11.4. The largest absolute Gasteiger partial charge is 0.453 e. The molecule has 1 unspecified atom stereocenters. The number of ether oxygens (including phenoxy) is 1. The molecule has 0 aliphatic carbocycles. The van der Waals surface area contributed by atoms with Crippen molar-refractivity contribution in [1.29, 1.82) is 0 Å². The number of amides is 1. The van der Waals surface area contributed by atoms with E-state index in [1.54, 1.807) is 7.05 Å². The fourth-order valence-corrected chi connectivity index (χ4v) is 4.06. The second-order valence-electron chi connectivity index (χ2n) is 8.76. The van der Waals surface area contributed by atoms with Crippen LogP contribution in [0.4, 0.5) is 32.2 Å². The number of likely N-dealkylation sites (N-methyl/N-ethyl adjacent to an activating group) is 1. The van der Waals surface area contributed by atoms with Gasteiger partial charge in [0, 0.05) is 31.2 Å². The maximum Gasteiger partial charge on any atom is 0.426 e. The molecular formula is C24H21F6N7O3. The molecule has 0 saturated carbocycles. The van der Waals surface area contributed by atoms with E-state index in [0.717, 1.165) is 29.2 Å². The van der Waals surface area contributed by atoms with Crippen molar-refractivity contribution < 1.29 is 40.7 Å². The van der Waals surface area contributed by atoms with Gasteiger partial charge in [0.1, 0.15) is 5.82 Å². The van der Waals surface area contributed by atoms with Gasteiger partial charge in [-0.1, -0.05) is 0 Å². The van der Waals surface area contributed by atoms with E-state index < -0.39 is 43.0 Å². The van der Waals surface area contributed by atoms with Crippen LogP contribution < -0.4 is 5.73 Å². The predicted octanol–water partition coefficient (Wildman–Crippen LogP) is 3.71. The van der Waals surface area contributed by atoms with E-state index in [9.17, 15) is 35.9 Å². The summed E-state index contributed by atoms with van der Waals surface area (Å²) in [7, 11) is 2.79. The van der Waals surface area contributed by atoms with Gasteiger partial charge >= 0.3 is 12.4 Å². The van der Waals surface area contributed by atoms with Crippen molar-refractivity contribution in [3.8, 4) is 0 Å². The van der Waals surface area contributed by atoms with Gasteiger partial charge in [0.25, 0.3) is 12.4 Å². The molecule has 0 radical (unpaired) electrons. The summed E-state index contributed by atoms with van der Waals surface area (Å²) in [5, 5.41) is 6.86. The molecule has 10 nitrogen and oxygen atoms in total. The number of hydrazine groups is 1. The highest BCUT2D eigenvalue weighted by Crippen LogP contribution is 2.30. The van der Waals surface area contributed by atoms with E-state index in [-0.39, 0.29) is 23.5 Å². The second kappa shape index (κ2) is 10.6. The second-order valence-corrected chi connectivity index (χ2v) is 8.76. The van der Waals surface area contributed by atoms with Crippen molar-refractivity contribution in [2.75, 3.05) is 19.3 Å². The minimum absolute atomic E-state index is 0.0141. The fraction of sp³-hybridized carbons (Fsp3) is 0.292. The molecule has 0 spiro atoms. The van der Waals surface area contributed by atoms with Crippen LogP contribution in [0.2, 0.25) is 0 Å². The SMILES string of the molecule is CN(CC(OC=O)C(F)(F)F)N(Cc1ccc(C(F)(F)F)cn1)C(=O)c1ccc2nc(N)c3cnn(C)c3c2c1. The lowest BCUT2D eigenvalue weighted by atomic mass is 10.1. The Balaban J connectivity index is 1.75. The van der Waals surface area contributed by atoms with Crippen LogP contribution in [0.25, 0.3) is 21.8 Å².